The monoisotopic (exact) mass is 545 g/mol. The fourth-order valence-electron chi connectivity index (χ4n) is 4.00. The lowest BCUT2D eigenvalue weighted by atomic mass is 10.1. The number of ether oxygens (including phenoxy) is 1. The number of morpholine rings is 1. The maximum atomic E-state index is 13.1. The molecule has 2 fully saturated rings. The van der Waals surface area contributed by atoms with Crippen LogP contribution in [0.5, 0.6) is 0 Å². The highest BCUT2D eigenvalue weighted by Crippen LogP contribution is 2.33. The Balaban J connectivity index is 0.000000448. The third-order valence-electron chi connectivity index (χ3n) is 6.41. The number of anilines is 2. The maximum Gasteiger partial charge on any atom is 0.490 e. The lowest BCUT2D eigenvalue weighted by Crippen LogP contribution is -2.37. The summed E-state index contributed by atoms with van der Waals surface area (Å²) in [7, 11) is 0. The standard InChI is InChI=1S/C25H29N5O2.C2HF3O2/c1-2-18-5-7-22(8-6-18)28-24(31)23-13-20(17-30(23)16-19-3-4-19)21-14-26-25(27-15-21)29-9-11-32-12-10-29;3-2(4,5)1(6)7/h5-8,13-15,17,19H,2-4,9-12,16H2,1H3,(H,28,31);(H,6,7). The molecule has 2 aromatic heterocycles. The summed E-state index contributed by atoms with van der Waals surface area (Å²) < 4.78 is 39.2. The lowest BCUT2D eigenvalue weighted by Gasteiger charge is -2.26. The van der Waals surface area contributed by atoms with E-state index in [1.165, 1.54) is 18.4 Å². The number of aromatic nitrogens is 3. The minimum Gasteiger partial charge on any atom is -0.475 e. The number of rotatable bonds is 7. The predicted molar refractivity (Wildman–Crippen MR) is 139 cm³/mol. The first-order valence-corrected chi connectivity index (χ1v) is 12.7. The topological polar surface area (TPSA) is 110 Å². The van der Waals surface area contributed by atoms with E-state index < -0.39 is 12.1 Å². The van der Waals surface area contributed by atoms with Crippen LogP contribution in [0.15, 0.2) is 48.9 Å². The van der Waals surface area contributed by atoms with Crippen LogP contribution in [-0.4, -0.2) is 64.0 Å². The molecule has 0 radical (unpaired) electrons. The number of aryl methyl sites for hydroxylation is 1. The average Bonchev–Trinajstić information content (AvgIpc) is 3.65. The molecule has 1 saturated heterocycles. The summed E-state index contributed by atoms with van der Waals surface area (Å²) in [6, 6.07) is 9.98. The molecule has 9 nitrogen and oxygen atoms in total. The molecule has 2 aliphatic rings. The minimum atomic E-state index is -5.08. The number of aliphatic carboxylic acids is 1. The van der Waals surface area contributed by atoms with Crippen molar-refractivity contribution in [3.63, 3.8) is 0 Å². The van der Waals surface area contributed by atoms with E-state index in [2.05, 4.69) is 50.0 Å². The first-order chi connectivity index (χ1) is 18.6. The van der Waals surface area contributed by atoms with E-state index in [4.69, 9.17) is 14.6 Å². The van der Waals surface area contributed by atoms with Gasteiger partial charge >= 0.3 is 12.1 Å². The summed E-state index contributed by atoms with van der Waals surface area (Å²) in [4.78, 5) is 33.3. The number of nitrogens with zero attached hydrogens (tertiary/aromatic N) is 4. The number of alkyl halides is 3. The molecule has 3 aromatic rings. The van der Waals surface area contributed by atoms with Crippen LogP contribution in [0.3, 0.4) is 0 Å². The van der Waals surface area contributed by atoms with Crippen LogP contribution in [0.4, 0.5) is 24.8 Å². The molecule has 5 rings (SSSR count). The van der Waals surface area contributed by atoms with Crippen molar-refractivity contribution in [2.45, 2.75) is 38.9 Å². The number of nitrogens with one attached hydrogen (secondary N) is 1. The molecule has 0 atom stereocenters. The third-order valence-corrected chi connectivity index (χ3v) is 6.41. The number of carbonyl (C=O) groups excluding carboxylic acids is 1. The van der Waals surface area contributed by atoms with Crippen molar-refractivity contribution in [1.82, 2.24) is 14.5 Å². The minimum absolute atomic E-state index is 0.0907. The molecule has 2 N–H and O–H groups in total. The zero-order valence-electron chi connectivity index (χ0n) is 21.4. The van der Waals surface area contributed by atoms with Crippen molar-refractivity contribution in [1.29, 1.82) is 0 Å². The summed E-state index contributed by atoms with van der Waals surface area (Å²) in [6.07, 6.45) is 4.10. The highest BCUT2D eigenvalue weighted by molar-refractivity contribution is 6.04. The summed E-state index contributed by atoms with van der Waals surface area (Å²) in [5.41, 5.74) is 4.61. The van der Waals surface area contributed by atoms with Crippen molar-refractivity contribution in [2.75, 3.05) is 36.5 Å². The summed E-state index contributed by atoms with van der Waals surface area (Å²) >= 11 is 0. The highest BCUT2D eigenvalue weighted by atomic mass is 19.4. The zero-order chi connectivity index (χ0) is 28.0. The van der Waals surface area contributed by atoms with Crippen LogP contribution in [0.2, 0.25) is 0 Å². The SMILES string of the molecule is CCc1ccc(NC(=O)c2cc(-c3cnc(N4CCOCC4)nc3)cn2CC2CC2)cc1.O=C(O)C(F)(F)F. The zero-order valence-corrected chi connectivity index (χ0v) is 21.4. The molecule has 39 heavy (non-hydrogen) atoms. The normalized spacial score (nSPS) is 15.3. The Labute approximate surface area is 223 Å². The number of hydrogen-bond acceptors (Lipinski definition) is 6. The molecule has 1 saturated carbocycles. The van der Waals surface area contributed by atoms with Gasteiger partial charge in [-0.05, 0) is 48.9 Å². The van der Waals surface area contributed by atoms with Gasteiger partial charge in [0.25, 0.3) is 5.91 Å². The van der Waals surface area contributed by atoms with Crippen LogP contribution in [-0.2, 0) is 22.5 Å². The molecule has 1 aromatic carbocycles. The molecule has 1 amide bonds. The quantitative estimate of drug-likeness (QED) is 0.445. The van der Waals surface area contributed by atoms with Gasteiger partial charge in [-0.2, -0.15) is 13.2 Å². The number of carbonyl (C=O) groups is 2. The molecule has 0 spiro atoms. The largest absolute Gasteiger partial charge is 0.490 e. The van der Waals surface area contributed by atoms with Gasteiger partial charge in [0.05, 0.1) is 13.2 Å². The molecule has 0 bridgehead atoms. The fraction of sp³-hybridized carbons (Fsp3) is 0.407. The van der Waals surface area contributed by atoms with Crippen LogP contribution < -0.4 is 10.2 Å². The van der Waals surface area contributed by atoms with E-state index in [9.17, 15) is 18.0 Å². The third kappa shape index (κ3) is 7.79. The van der Waals surface area contributed by atoms with E-state index in [-0.39, 0.29) is 5.91 Å². The Bertz CT molecular complexity index is 1270. The number of carboxylic acids is 1. The second kappa shape index (κ2) is 12.3. The molecule has 12 heteroatoms. The second-order valence-corrected chi connectivity index (χ2v) is 9.39. The van der Waals surface area contributed by atoms with E-state index >= 15 is 0 Å². The Morgan fingerprint density at radius 3 is 2.23 bits per heavy atom. The average molecular weight is 546 g/mol. The Morgan fingerprint density at radius 1 is 1.08 bits per heavy atom. The van der Waals surface area contributed by atoms with Gasteiger partial charge in [-0.1, -0.05) is 19.1 Å². The summed E-state index contributed by atoms with van der Waals surface area (Å²) in [5, 5.41) is 10.2. The maximum absolute atomic E-state index is 13.1. The number of hydrogen-bond donors (Lipinski definition) is 2. The van der Waals surface area contributed by atoms with Crippen molar-refractivity contribution >= 4 is 23.5 Å². The molecular formula is C27H30F3N5O4. The van der Waals surface area contributed by atoms with Crippen LogP contribution in [0, 0.1) is 5.92 Å². The molecule has 1 aliphatic heterocycles. The number of carboxylic acid groups (broad SMARTS) is 1. The predicted octanol–water partition coefficient (Wildman–Crippen LogP) is 4.64. The van der Waals surface area contributed by atoms with Crippen molar-refractivity contribution in [3.8, 4) is 11.1 Å². The van der Waals surface area contributed by atoms with Crippen molar-refractivity contribution < 1.29 is 32.6 Å². The van der Waals surface area contributed by atoms with Gasteiger partial charge in [0.1, 0.15) is 5.69 Å². The number of benzene rings is 1. The van der Waals surface area contributed by atoms with E-state index in [0.717, 1.165) is 48.8 Å². The molecule has 208 valence electrons. The van der Waals surface area contributed by atoms with Crippen molar-refractivity contribution in [2.24, 2.45) is 5.92 Å². The Morgan fingerprint density at radius 2 is 1.69 bits per heavy atom. The fourth-order valence-corrected chi connectivity index (χ4v) is 4.00. The molecular weight excluding hydrogens is 515 g/mol. The van der Waals surface area contributed by atoms with Crippen molar-refractivity contribution in [3.05, 3.63) is 60.2 Å². The summed E-state index contributed by atoms with van der Waals surface area (Å²) in [5.74, 6) is -1.46. The van der Waals surface area contributed by atoms with Crippen LogP contribution in [0.1, 0.15) is 35.8 Å². The Kier molecular flexibility index (Phi) is 8.85. The lowest BCUT2D eigenvalue weighted by molar-refractivity contribution is -0.192. The van der Waals surface area contributed by atoms with Gasteiger partial charge in [0, 0.05) is 55.0 Å². The van der Waals surface area contributed by atoms with Crippen LogP contribution >= 0.6 is 0 Å². The van der Waals surface area contributed by atoms with Gasteiger partial charge in [0.15, 0.2) is 0 Å². The highest BCUT2D eigenvalue weighted by Gasteiger charge is 2.38. The first-order valence-electron chi connectivity index (χ1n) is 12.7. The van der Waals surface area contributed by atoms with Crippen LogP contribution in [0.25, 0.3) is 11.1 Å². The first kappa shape index (κ1) is 28.1. The van der Waals surface area contributed by atoms with E-state index in [0.29, 0.717) is 24.8 Å². The number of halogens is 3. The van der Waals surface area contributed by atoms with E-state index in [1.807, 2.05) is 30.6 Å². The summed E-state index contributed by atoms with van der Waals surface area (Å²) in [6.45, 7) is 6.01. The van der Waals surface area contributed by atoms with Gasteiger partial charge < -0.3 is 24.6 Å². The van der Waals surface area contributed by atoms with Gasteiger partial charge in [-0.3, -0.25) is 4.79 Å². The van der Waals surface area contributed by atoms with Gasteiger partial charge in [-0.15, -0.1) is 0 Å². The molecule has 1 aliphatic carbocycles. The van der Waals surface area contributed by atoms with E-state index in [1.54, 1.807) is 0 Å². The smallest absolute Gasteiger partial charge is 0.475 e. The Hall–Kier alpha value is -3.93. The number of amides is 1. The molecule has 3 heterocycles. The molecule has 0 unspecified atom stereocenters. The van der Waals surface area contributed by atoms with Gasteiger partial charge in [0.2, 0.25) is 5.95 Å². The second-order valence-electron chi connectivity index (χ2n) is 9.39. The van der Waals surface area contributed by atoms with Gasteiger partial charge in [-0.25, -0.2) is 14.8 Å².